The lowest BCUT2D eigenvalue weighted by Gasteiger charge is -2.33. The third kappa shape index (κ3) is 5.89. The molecule has 0 radical (unpaired) electrons. The van der Waals surface area contributed by atoms with Gasteiger partial charge in [0.15, 0.2) is 0 Å². The third-order valence-corrected chi connectivity index (χ3v) is 7.15. The van der Waals surface area contributed by atoms with Crippen LogP contribution in [0.3, 0.4) is 0 Å². The summed E-state index contributed by atoms with van der Waals surface area (Å²) < 4.78 is 65.9. The number of hydrogen-bond donors (Lipinski definition) is 1. The van der Waals surface area contributed by atoms with Crippen LogP contribution in [-0.4, -0.2) is 56.3 Å². The van der Waals surface area contributed by atoms with Gasteiger partial charge in [-0.25, -0.2) is 8.42 Å². The summed E-state index contributed by atoms with van der Waals surface area (Å²) >= 11 is 11.4. The average Bonchev–Trinajstić information content (AvgIpc) is 2.67. The number of halogens is 5. The lowest BCUT2D eigenvalue weighted by atomic mass is 10.2. The van der Waals surface area contributed by atoms with Crippen molar-refractivity contribution in [2.24, 2.45) is 0 Å². The van der Waals surface area contributed by atoms with E-state index in [1.54, 1.807) is 29.2 Å². The number of benzene rings is 2. The molecular formula is C19H18Cl2F3N3O3S. The van der Waals surface area contributed by atoms with Crippen molar-refractivity contribution >= 4 is 44.8 Å². The first-order valence-electron chi connectivity index (χ1n) is 9.11. The molecule has 1 fully saturated rings. The molecular weight excluding hydrogens is 478 g/mol. The summed E-state index contributed by atoms with van der Waals surface area (Å²) in [6, 6.07) is 9.19. The number of nitrogens with one attached hydrogen (secondary N) is 1. The van der Waals surface area contributed by atoms with Crippen LogP contribution in [0, 0.1) is 0 Å². The number of hydrogen-bond acceptors (Lipinski definition) is 4. The van der Waals surface area contributed by atoms with Gasteiger partial charge in [-0.3, -0.25) is 9.69 Å². The molecule has 0 spiro atoms. The van der Waals surface area contributed by atoms with Crippen LogP contribution < -0.4 is 5.32 Å². The van der Waals surface area contributed by atoms with Crippen LogP contribution >= 0.6 is 23.2 Å². The largest absolute Gasteiger partial charge is 0.417 e. The first-order chi connectivity index (χ1) is 14.5. The highest BCUT2D eigenvalue weighted by Gasteiger charge is 2.36. The Labute approximate surface area is 187 Å². The molecule has 1 amide bonds. The van der Waals surface area contributed by atoms with Gasteiger partial charge < -0.3 is 5.32 Å². The molecule has 2 aromatic rings. The van der Waals surface area contributed by atoms with Crippen molar-refractivity contribution in [2.45, 2.75) is 11.1 Å². The van der Waals surface area contributed by atoms with Gasteiger partial charge >= 0.3 is 6.18 Å². The zero-order valence-electron chi connectivity index (χ0n) is 16.0. The molecule has 0 atom stereocenters. The van der Waals surface area contributed by atoms with E-state index in [0.29, 0.717) is 16.8 Å². The quantitative estimate of drug-likeness (QED) is 0.681. The van der Waals surface area contributed by atoms with Gasteiger partial charge in [0.05, 0.1) is 22.0 Å². The summed E-state index contributed by atoms with van der Waals surface area (Å²) in [6.07, 6.45) is -4.77. The van der Waals surface area contributed by atoms with Crippen LogP contribution in [0.4, 0.5) is 18.9 Å². The summed E-state index contributed by atoms with van der Waals surface area (Å²) in [6.45, 7) is 0.622. The zero-order chi connectivity index (χ0) is 22.8. The molecule has 0 bridgehead atoms. The predicted octanol–water partition coefficient (Wildman–Crippen LogP) is 3.96. The molecule has 2 aromatic carbocycles. The van der Waals surface area contributed by atoms with Gasteiger partial charge in [-0.1, -0.05) is 29.3 Å². The van der Waals surface area contributed by atoms with E-state index in [2.05, 4.69) is 5.32 Å². The Bertz CT molecular complexity index is 1070. The van der Waals surface area contributed by atoms with Crippen LogP contribution in [0.15, 0.2) is 47.4 Å². The fourth-order valence-electron chi connectivity index (χ4n) is 3.13. The van der Waals surface area contributed by atoms with Crippen LogP contribution in [-0.2, 0) is 21.0 Å². The van der Waals surface area contributed by atoms with Gasteiger partial charge in [0.1, 0.15) is 0 Å². The Morgan fingerprint density at radius 1 is 1.03 bits per heavy atom. The highest BCUT2D eigenvalue weighted by molar-refractivity contribution is 7.89. The first kappa shape index (κ1) is 23.8. The van der Waals surface area contributed by atoms with E-state index < -0.39 is 31.7 Å². The van der Waals surface area contributed by atoms with Crippen molar-refractivity contribution in [3.05, 3.63) is 58.1 Å². The van der Waals surface area contributed by atoms with Crippen molar-refractivity contribution in [3.63, 3.8) is 0 Å². The van der Waals surface area contributed by atoms with Crippen molar-refractivity contribution < 1.29 is 26.4 Å². The van der Waals surface area contributed by atoms with E-state index in [4.69, 9.17) is 23.2 Å². The van der Waals surface area contributed by atoms with E-state index in [0.717, 1.165) is 16.4 Å². The lowest BCUT2D eigenvalue weighted by Crippen LogP contribution is -2.50. The normalized spacial score (nSPS) is 16.3. The van der Waals surface area contributed by atoms with E-state index in [1.165, 1.54) is 0 Å². The molecule has 1 heterocycles. The van der Waals surface area contributed by atoms with Gasteiger partial charge in [-0.2, -0.15) is 17.5 Å². The van der Waals surface area contributed by atoms with Crippen LogP contribution in [0.1, 0.15) is 5.56 Å². The molecule has 1 saturated heterocycles. The SMILES string of the molecule is O=C(CN1CCN(S(=O)(=O)c2ccc(Cl)c(C(F)(F)F)c2)CC1)Nc1cccc(Cl)c1. The minimum atomic E-state index is -4.77. The van der Waals surface area contributed by atoms with Crippen LogP contribution in [0.25, 0.3) is 0 Å². The molecule has 168 valence electrons. The summed E-state index contributed by atoms with van der Waals surface area (Å²) in [5, 5.41) is 2.62. The summed E-state index contributed by atoms with van der Waals surface area (Å²) in [5.41, 5.74) is -0.659. The topological polar surface area (TPSA) is 69.7 Å². The second-order valence-electron chi connectivity index (χ2n) is 6.88. The number of carbonyl (C=O) groups excluding carboxylic acids is 1. The minimum Gasteiger partial charge on any atom is -0.325 e. The Balaban J connectivity index is 1.62. The molecule has 31 heavy (non-hydrogen) atoms. The second-order valence-corrected chi connectivity index (χ2v) is 9.66. The minimum absolute atomic E-state index is 0.0384. The van der Waals surface area contributed by atoms with Crippen molar-refractivity contribution in [1.82, 2.24) is 9.21 Å². The van der Waals surface area contributed by atoms with Crippen LogP contribution in [0.5, 0.6) is 0 Å². The van der Waals surface area contributed by atoms with Gasteiger partial charge in [-0.05, 0) is 36.4 Å². The first-order valence-corrected chi connectivity index (χ1v) is 11.3. The van der Waals surface area contributed by atoms with Gasteiger partial charge in [0, 0.05) is 36.9 Å². The third-order valence-electron chi connectivity index (χ3n) is 4.69. The zero-order valence-corrected chi connectivity index (χ0v) is 18.3. The second kappa shape index (κ2) is 9.33. The van der Waals surface area contributed by atoms with Crippen molar-refractivity contribution in [1.29, 1.82) is 0 Å². The Hall–Kier alpha value is -1.85. The highest BCUT2D eigenvalue weighted by atomic mass is 35.5. The fourth-order valence-corrected chi connectivity index (χ4v) is 4.99. The molecule has 1 aliphatic heterocycles. The Morgan fingerprint density at radius 3 is 2.32 bits per heavy atom. The molecule has 0 aromatic heterocycles. The maximum atomic E-state index is 13.1. The average molecular weight is 496 g/mol. The molecule has 1 aliphatic rings. The number of anilines is 1. The monoisotopic (exact) mass is 495 g/mol. The molecule has 12 heteroatoms. The van der Waals surface area contributed by atoms with Crippen LogP contribution in [0.2, 0.25) is 10.0 Å². The van der Waals surface area contributed by atoms with E-state index in [-0.39, 0.29) is 38.6 Å². The molecule has 6 nitrogen and oxygen atoms in total. The maximum Gasteiger partial charge on any atom is 0.417 e. The Morgan fingerprint density at radius 2 is 1.71 bits per heavy atom. The number of carbonyl (C=O) groups is 1. The van der Waals surface area contributed by atoms with E-state index in [1.807, 2.05) is 0 Å². The van der Waals surface area contributed by atoms with E-state index >= 15 is 0 Å². The number of amides is 1. The van der Waals surface area contributed by atoms with Crippen molar-refractivity contribution in [2.75, 3.05) is 38.0 Å². The molecule has 0 aliphatic carbocycles. The lowest BCUT2D eigenvalue weighted by molar-refractivity contribution is -0.137. The van der Waals surface area contributed by atoms with Crippen molar-refractivity contribution in [3.8, 4) is 0 Å². The maximum absolute atomic E-state index is 13.1. The molecule has 1 N–H and O–H groups in total. The number of sulfonamides is 1. The van der Waals surface area contributed by atoms with Gasteiger partial charge in [0.2, 0.25) is 15.9 Å². The summed E-state index contributed by atoms with van der Waals surface area (Å²) in [5.74, 6) is -0.286. The number of piperazine rings is 1. The predicted molar refractivity (Wildman–Crippen MR) is 112 cm³/mol. The highest BCUT2D eigenvalue weighted by Crippen LogP contribution is 2.36. The molecule has 0 unspecified atom stereocenters. The van der Waals surface area contributed by atoms with Gasteiger partial charge in [0.25, 0.3) is 0 Å². The number of nitrogens with zero attached hydrogens (tertiary/aromatic N) is 2. The standard InChI is InChI=1S/C19H18Cl2F3N3O3S/c20-13-2-1-3-14(10-13)25-18(28)12-26-6-8-27(9-7-26)31(29,30)15-4-5-17(21)16(11-15)19(22,23)24/h1-5,10-11H,6-9,12H2,(H,25,28). The van der Waals surface area contributed by atoms with Gasteiger partial charge in [-0.15, -0.1) is 0 Å². The summed E-state index contributed by atoms with van der Waals surface area (Å²) in [7, 11) is -4.13. The fraction of sp³-hybridized carbons (Fsp3) is 0.316. The summed E-state index contributed by atoms with van der Waals surface area (Å²) in [4.78, 5) is 13.5. The number of alkyl halides is 3. The smallest absolute Gasteiger partial charge is 0.325 e. The Kier molecular flexibility index (Phi) is 7.17. The molecule has 3 rings (SSSR count). The number of rotatable bonds is 5. The molecule has 0 saturated carbocycles. The van der Waals surface area contributed by atoms with E-state index in [9.17, 15) is 26.4 Å².